The molecule has 1 fully saturated rings. The molecule has 2 aliphatic heterocycles. The fraction of sp³-hybridized carbons (Fsp3) is 0.409. The first-order valence-corrected chi connectivity index (χ1v) is 9.61. The number of carbonyl (C=O) groups excluding carboxylic acids is 1. The zero-order valence-corrected chi connectivity index (χ0v) is 15.9. The Labute approximate surface area is 160 Å². The number of anilines is 1. The minimum atomic E-state index is -0.0825. The maximum Gasteiger partial charge on any atom is 0.255 e. The molecule has 27 heavy (non-hydrogen) atoms. The highest BCUT2D eigenvalue weighted by atomic mass is 16.5. The lowest BCUT2D eigenvalue weighted by atomic mass is 10.1. The molecular weight excluding hydrogens is 340 g/mol. The number of para-hydroxylation sites is 1. The summed E-state index contributed by atoms with van der Waals surface area (Å²) in [7, 11) is 0. The summed E-state index contributed by atoms with van der Waals surface area (Å²) < 4.78 is 11.3. The number of ether oxygens (including phenoxy) is 2. The van der Waals surface area contributed by atoms with Gasteiger partial charge in [0.05, 0.1) is 18.8 Å². The summed E-state index contributed by atoms with van der Waals surface area (Å²) in [5.74, 6) is 0.809. The molecular formula is C22H26N2O3. The van der Waals surface area contributed by atoms with Gasteiger partial charge in [0.1, 0.15) is 5.75 Å². The lowest BCUT2D eigenvalue weighted by molar-refractivity contribution is -0.0704. The monoisotopic (exact) mass is 366 g/mol. The first-order valence-electron chi connectivity index (χ1n) is 9.61. The van der Waals surface area contributed by atoms with E-state index in [9.17, 15) is 4.79 Å². The predicted octanol–water partition coefficient (Wildman–Crippen LogP) is 3.48. The number of fused-ring (bicyclic) bond motifs is 1. The molecule has 0 saturated carbocycles. The SMILES string of the molecule is CC1CN(Cc2ccccc2NC(=O)c2ccc3c(c2)CCO3)CC(C)O1. The summed E-state index contributed by atoms with van der Waals surface area (Å²) in [6, 6.07) is 13.7. The zero-order valence-electron chi connectivity index (χ0n) is 15.9. The van der Waals surface area contributed by atoms with Gasteiger partial charge in [-0.3, -0.25) is 9.69 Å². The molecule has 1 N–H and O–H groups in total. The first kappa shape index (κ1) is 18.0. The van der Waals surface area contributed by atoms with E-state index in [0.29, 0.717) is 12.2 Å². The number of hydrogen-bond acceptors (Lipinski definition) is 4. The van der Waals surface area contributed by atoms with Gasteiger partial charge in [-0.25, -0.2) is 0 Å². The van der Waals surface area contributed by atoms with Crippen LogP contribution in [0.5, 0.6) is 5.75 Å². The van der Waals surface area contributed by atoms with Gasteiger partial charge in [-0.15, -0.1) is 0 Å². The molecule has 0 aliphatic carbocycles. The van der Waals surface area contributed by atoms with E-state index >= 15 is 0 Å². The van der Waals surface area contributed by atoms with Gasteiger partial charge in [-0.1, -0.05) is 18.2 Å². The first-order chi connectivity index (χ1) is 13.1. The molecule has 1 saturated heterocycles. The van der Waals surface area contributed by atoms with Crippen molar-refractivity contribution in [3.8, 4) is 5.75 Å². The van der Waals surface area contributed by atoms with E-state index in [-0.39, 0.29) is 18.1 Å². The van der Waals surface area contributed by atoms with E-state index in [1.54, 1.807) is 0 Å². The van der Waals surface area contributed by atoms with Gasteiger partial charge in [0.15, 0.2) is 0 Å². The Hall–Kier alpha value is -2.37. The number of carbonyl (C=O) groups is 1. The topological polar surface area (TPSA) is 50.8 Å². The third-order valence-electron chi connectivity index (χ3n) is 5.11. The van der Waals surface area contributed by atoms with Crippen molar-refractivity contribution in [2.75, 3.05) is 25.0 Å². The van der Waals surface area contributed by atoms with Crippen LogP contribution in [0.1, 0.15) is 35.3 Å². The Balaban J connectivity index is 1.48. The van der Waals surface area contributed by atoms with Gasteiger partial charge in [0.25, 0.3) is 5.91 Å². The van der Waals surface area contributed by atoms with Crippen LogP contribution in [0, 0.1) is 0 Å². The van der Waals surface area contributed by atoms with Crippen molar-refractivity contribution in [2.45, 2.75) is 39.0 Å². The van der Waals surface area contributed by atoms with Crippen LogP contribution in [0.25, 0.3) is 0 Å². The molecule has 2 unspecified atom stereocenters. The van der Waals surface area contributed by atoms with Crippen LogP contribution in [0.3, 0.4) is 0 Å². The van der Waals surface area contributed by atoms with Crippen LogP contribution in [-0.4, -0.2) is 42.7 Å². The van der Waals surface area contributed by atoms with E-state index in [2.05, 4.69) is 30.1 Å². The van der Waals surface area contributed by atoms with Crippen molar-refractivity contribution in [1.82, 2.24) is 4.90 Å². The Kier molecular flexibility index (Phi) is 5.14. The molecule has 142 valence electrons. The minimum absolute atomic E-state index is 0.0825. The van der Waals surface area contributed by atoms with E-state index < -0.39 is 0 Å². The van der Waals surface area contributed by atoms with Gasteiger partial charge >= 0.3 is 0 Å². The van der Waals surface area contributed by atoms with Gasteiger partial charge in [0, 0.05) is 37.3 Å². The van der Waals surface area contributed by atoms with E-state index in [0.717, 1.165) is 48.6 Å². The van der Waals surface area contributed by atoms with Gasteiger partial charge in [0.2, 0.25) is 0 Å². The molecule has 2 aromatic rings. The quantitative estimate of drug-likeness (QED) is 0.900. The Bertz CT molecular complexity index is 826. The molecule has 0 bridgehead atoms. The molecule has 4 rings (SSSR count). The normalized spacial score (nSPS) is 22.1. The number of nitrogens with zero attached hydrogens (tertiary/aromatic N) is 1. The van der Waals surface area contributed by atoms with Gasteiger partial charge in [-0.2, -0.15) is 0 Å². The molecule has 1 amide bonds. The molecule has 2 heterocycles. The molecule has 2 aliphatic rings. The molecule has 5 heteroatoms. The highest BCUT2D eigenvalue weighted by Gasteiger charge is 2.23. The number of rotatable bonds is 4. The van der Waals surface area contributed by atoms with Crippen molar-refractivity contribution in [3.63, 3.8) is 0 Å². The minimum Gasteiger partial charge on any atom is -0.493 e. The van der Waals surface area contributed by atoms with Crippen LogP contribution in [0.4, 0.5) is 5.69 Å². The van der Waals surface area contributed by atoms with Crippen molar-refractivity contribution >= 4 is 11.6 Å². The zero-order chi connectivity index (χ0) is 18.8. The molecule has 0 aromatic heterocycles. The number of morpholine rings is 1. The summed E-state index contributed by atoms with van der Waals surface area (Å²) in [5.41, 5.74) is 3.76. The Morgan fingerprint density at radius 2 is 1.93 bits per heavy atom. The van der Waals surface area contributed by atoms with Crippen molar-refractivity contribution in [3.05, 3.63) is 59.2 Å². The number of benzene rings is 2. The van der Waals surface area contributed by atoms with E-state index in [1.165, 1.54) is 0 Å². The van der Waals surface area contributed by atoms with Crippen LogP contribution in [0.2, 0.25) is 0 Å². The summed E-state index contributed by atoms with van der Waals surface area (Å²) in [4.78, 5) is 15.2. The third kappa shape index (κ3) is 4.15. The Morgan fingerprint density at radius 3 is 2.74 bits per heavy atom. The lowest BCUT2D eigenvalue weighted by Gasteiger charge is -2.35. The fourth-order valence-electron chi connectivity index (χ4n) is 3.96. The maximum atomic E-state index is 12.8. The maximum absolute atomic E-state index is 12.8. The second kappa shape index (κ2) is 7.71. The van der Waals surface area contributed by atoms with Crippen molar-refractivity contribution in [1.29, 1.82) is 0 Å². The number of amides is 1. The summed E-state index contributed by atoms with van der Waals surface area (Å²) in [6.07, 6.45) is 1.31. The fourth-order valence-corrected chi connectivity index (χ4v) is 3.96. The van der Waals surface area contributed by atoms with Crippen LogP contribution < -0.4 is 10.1 Å². The second-order valence-electron chi connectivity index (χ2n) is 7.48. The molecule has 0 radical (unpaired) electrons. The van der Waals surface area contributed by atoms with Crippen LogP contribution >= 0.6 is 0 Å². The van der Waals surface area contributed by atoms with E-state index in [4.69, 9.17) is 9.47 Å². The Morgan fingerprint density at radius 1 is 1.15 bits per heavy atom. The smallest absolute Gasteiger partial charge is 0.255 e. The van der Waals surface area contributed by atoms with Crippen LogP contribution in [-0.2, 0) is 17.7 Å². The van der Waals surface area contributed by atoms with Crippen molar-refractivity contribution < 1.29 is 14.3 Å². The van der Waals surface area contributed by atoms with E-state index in [1.807, 2.05) is 36.4 Å². The second-order valence-corrected chi connectivity index (χ2v) is 7.48. The lowest BCUT2D eigenvalue weighted by Crippen LogP contribution is -2.44. The summed E-state index contributed by atoms with van der Waals surface area (Å²) >= 11 is 0. The molecule has 2 atom stereocenters. The number of nitrogens with one attached hydrogen (secondary N) is 1. The highest BCUT2D eigenvalue weighted by molar-refractivity contribution is 6.04. The molecule has 0 spiro atoms. The van der Waals surface area contributed by atoms with Gasteiger partial charge in [-0.05, 0) is 49.2 Å². The highest BCUT2D eigenvalue weighted by Crippen LogP contribution is 2.27. The third-order valence-corrected chi connectivity index (χ3v) is 5.11. The molecule has 5 nitrogen and oxygen atoms in total. The summed E-state index contributed by atoms with van der Waals surface area (Å²) in [6.45, 7) is 7.50. The standard InChI is InChI=1S/C22H26N2O3/c1-15-12-24(13-16(2)27-15)14-19-5-3-4-6-20(19)23-22(25)18-7-8-21-17(11-18)9-10-26-21/h3-8,11,15-16H,9-10,12-14H2,1-2H3,(H,23,25). The number of hydrogen-bond donors (Lipinski definition) is 1. The largest absolute Gasteiger partial charge is 0.493 e. The average Bonchev–Trinajstić information content (AvgIpc) is 3.10. The van der Waals surface area contributed by atoms with Crippen LogP contribution in [0.15, 0.2) is 42.5 Å². The van der Waals surface area contributed by atoms with Gasteiger partial charge < -0.3 is 14.8 Å². The average molecular weight is 366 g/mol. The summed E-state index contributed by atoms with van der Waals surface area (Å²) in [5, 5.41) is 3.09. The van der Waals surface area contributed by atoms with Crippen molar-refractivity contribution in [2.24, 2.45) is 0 Å². The predicted molar refractivity (Wildman–Crippen MR) is 105 cm³/mol. The molecule has 2 aromatic carbocycles.